The van der Waals surface area contributed by atoms with Crippen LogP contribution in [-0.2, 0) is 6.42 Å². The minimum Gasteiger partial charge on any atom is -0.316 e. The summed E-state index contributed by atoms with van der Waals surface area (Å²) < 4.78 is 0. The van der Waals surface area contributed by atoms with Gasteiger partial charge in [-0.2, -0.15) is 0 Å². The van der Waals surface area contributed by atoms with Gasteiger partial charge in [-0.25, -0.2) is 0 Å². The summed E-state index contributed by atoms with van der Waals surface area (Å²) in [6.45, 7) is 2.48. The third-order valence-corrected chi connectivity index (χ3v) is 3.32. The van der Waals surface area contributed by atoms with E-state index in [4.69, 9.17) is 0 Å². The number of benzene rings is 1. The highest BCUT2D eigenvalue weighted by Crippen LogP contribution is 2.17. The maximum absolute atomic E-state index is 3.48. The first kappa shape index (κ1) is 10.7. The highest BCUT2D eigenvalue weighted by atomic mass is 14.9. The van der Waals surface area contributed by atoms with E-state index in [1.54, 1.807) is 0 Å². The summed E-state index contributed by atoms with van der Waals surface area (Å²) in [6, 6.07) is 10.8. The van der Waals surface area contributed by atoms with Crippen LogP contribution in [0.2, 0.25) is 0 Å². The molecular formula is C14H21N. The molecule has 0 bridgehead atoms. The van der Waals surface area contributed by atoms with Crippen molar-refractivity contribution < 1.29 is 0 Å². The number of nitrogens with one attached hydrogen (secondary N) is 1. The fourth-order valence-corrected chi connectivity index (χ4v) is 2.41. The molecule has 82 valence electrons. The lowest BCUT2D eigenvalue weighted by Crippen LogP contribution is -2.29. The summed E-state index contributed by atoms with van der Waals surface area (Å²) >= 11 is 0. The Morgan fingerprint density at radius 1 is 1.20 bits per heavy atom. The Balaban J connectivity index is 1.66. The van der Waals surface area contributed by atoms with E-state index < -0.39 is 0 Å². The average Bonchev–Trinajstić information content (AvgIpc) is 2.32. The molecule has 1 N–H and O–H groups in total. The number of piperidine rings is 1. The van der Waals surface area contributed by atoms with Gasteiger partial charge in [0.2, 0.25) is 0 Å². The van der Waals surface area contributed by atoms with E-state index in [1.807, 2.05) is 0 Å². The van der Waals surface area contributed by atoms with E-state index in [-0.39, 0.29) is 0 Å². The Hall–Kier alpha value is -0.820. The van der Waals surface area contributed by atoms with Gasteiger partial charge < -0.3 is 5.32 Å². The first-order valence-electron chi connectivity index (χ1n) is 6.20. The van der Waals surface area contributed by atoms with Gasteiger partial charge >= 0.3 is 0 Å². The van der Waals surface area contributed by atoms with Crippen LogP contribution in [0.25, 0.3) is 0 Å². The lowest BCUT2D eigenvalue weighted by atomic mass is 9.93. The van der Waals surface area contributed by atoms with E-state index in [9.17, 15) is 0 Å². The molecule has 1 aliphatic heterocycles. The predicted molar refractivity (Wildman–Crippen MR) is 65.0 cm³/mol. The molecule has 1 aromatic rings. The van der Waals surface area contributed by atoms with Gasteiger partial charge in [0.15, 0.2) is 0 Å². The quantitative estimate of drug-likeness (QED) is 0.793. The maximum Gasteiger partial charge on any atom is -0.00205 e. The van der Waals surface area contributed by atoms with Crippen LogP contribution in [0.15, 0.2) is 30.3 Å². The molecule has 1 saturated heterocycles. The molecule has 0 aliphatic carbocycles. The zero-order valence-electron chi connectivity index (χ0n) is 9.41. The van der Waals surface area contributed by atoms with Crippen molar-refractivity contribution >= 4 is 0 Å². The first-order chi connectivity index (χ1) is 7.45. The van der Waals surface area contributed by atoms with Crippen molar-refractivity contribution in [2.75, 3.05) is 13.1 Å². The molecular weight excluding hydrogens is 182 g/mol. The lowest BCUT2D eigenvalue weighted by Gasteiger charge is -2.22. The third kappa shape index (κ3) is 3.67. The first-order valence-corrected chi connectivity index (χ1v) is 6.20. The molecule has 0 aromatic heterocycles. The minimum atomic E-state index is 0.933. The number of hydrogen-bond acceptors (Lipinski definition) is 1. The van der Waals surface area contributed by atoms with Gasteiger partial charge in [-0.15, -0.1) is 0 Å². The molecule has 0 radical (unpaired) electrons. The van der Waals surface area contributed by atoms with Crippen LogP contribution < -0.4 is 5.32 Å². The van der Waals surface area contributed by atoms with Crippen LogP contribution in [0.4, 0.5) is 0 Å². The zero-order chi connectivity index (χ0) is 10.3. The predicted octanol–water partition coefficient (Wildman–Crippen LogP) is 3.01. The van der Waals surface area contributed by atoms with Gasteiger partial charge in [-0.05, 0) is 56.7 Å². The Morgan fingerprint density at radius 2 is 2.07 bits per heavy atom. The maximum atomic E-state index is 3.48. The van der Waals surface area contributed by atoms with Crippen LogP contribution in [0, 0.1) is 5.92 Å². The van der Waals surface area contributed by atoms with Crippen molar-refractivity contribution in [2.24, 2.45) is 5.92 Å². The number of hydrogen-bond donors (Lipinski definition) is 1. The lowest BCUT2D eigenvalue weighted by molar-refractivity contribution is 0.351. The van der Waals surface area contributed by atoms with Gasteiger partial charge in [0.1, 0.15) is 0 Å². The van der Waals surface area contributed by atoms with Gasteiger partial charge in [0.05, 0.1) is 0 Å². The molecule has 0 spiro atoms. The smallest absolute Gasteiger partial charge is 0.00205 e. The molecule has 0 saturated carbocycles. The fraction of sp³-hybridized carbons (Fsp3) is 0.571. The normalized spacial score (nSPS) is 21.5. The molecule has 1 heteroatoms. The van der Waals surface area contributed by atoms with Crippen molar-refractivity contribution in [3.05, 3.63) is 35.9 Å². The van der Waals surface area contributed by atoms with E-state index in [2.05, 4.69) is 35.6 Å². The van der Waals surface area contributed by atoms with Gasteiger partial charge in [0, 0.05) is 0 Å². The summed E-state index contributed by atoms with van der Waals surface area (Å²) in [7, 11) is 0. The van der Waals surface area contributed by atoms with Crippen LogP contribution in [0.5, 0.6) is 0 Å². The molecule has 1 aromatic carbocycles. The number of rotatable bonds is 4. The minimum absolute atomic E-state index is 0.933. The third-order valence-electron chi connectivity index (χ3n) is 3.32. The Morgan fingerprint density at radius 3 is 2.80 bits per heavy atom. The van der Waals surface area contributed by atoms with Crippen LogP contribution in [0.3, 0.4) is 0 Å². The summed E-state index contributed by atoms with van der Waals surface area (Å²) in [6.07, 6.45) is 6.79. The molecule has 1 atom stereocenters. The molecule has 15 heavy (non-hydrogen) atoms. The monoisotopic (exact) mass is 203 g/mol. The summed E-state index contributed by atoms with van der Waals surface area (Å²) in [5, 5.41) is 3.48. The summed E-state index contributed by atoms with van der Waals surface area (Å²) in [5.41, 5.74) is 1.49. The van der Waals surface area contributed by atoms with Gasteiger partial charge in [-0.3, -0.25) is 0 Å². The van der Waals surface area contributed by atoms with Gasteiger partial charge in [-0.1, -0.05) is 30.3 Å². The molecule has 0 amide bonds. The zero-order valence-corrected chi connectivity index (χ0v) is 9.41. The van der Waals surface area contributed by atoms with Gasteiger partial charge in [0.25, 0.3) is 0 Å². The van der Waals surface area contributed by atoms with Crippen molar-refractivity contribution in [3.63, 3.8) is 0 Å². The second-order valence-corrected chi connectivity index (χ2v) is 4.59. The van der Waals surface area contributed by atoms with Crippen LogP contribution in [0.1, 0.15) is 31.2 Å². The SMILES string of the molecule is c1ccc(CCC[C@@H]2CCCNC2)cc1. The Bertz CT molecular complexity index is 262. The molecule has 1 heterocycles. The van der Waals surface area contributed by atoms with E-state index in [0.29, 0.717) is 0 Å². The second-order valence-electron chi connectivity index (χ2n) is 4.59. The molecule has 1 aliphatic rings. The van der Waals surface area contributed by atoms with Crippen molar-refractivity contribution in [1.29, 1.82) is 0 Å². The van der Waals surface area contributed by atoms with Crippen molar-refractivity contribution in [3.8, 4) is 0 Å². The van der Waals surface area contributed by atoms with Crippen molar-refractivity contribution in [2.45, 2.75) is 32.1 Å². The largest absolute Gasteiger partial charge is 0.316 e. The summed E-state index contributed by atoms with van der Waals surface area (Å²) in [5.74, 6) is 0.933. The van der Waals surface area contributed by atoms with E-state index in [0.717, 1.165) is 5.92 Å². The summed E-state index contributed by atoms with van der Waals surface area (Å²) in [4.78, 5) is 0. The Kier molecular flexibility index (Phi) is 4.22. The second kappa shape index (κ2) is 5.92. The van der Waals surface area contributed by atoms with E-state index in [1.165, 1.54) is 50.8 Å². The molecule has 0 unspecified atom stereocenters. The van der Waals surface area contributed by atoms with Crippen molar-refractivity contribution in [1.82, 2.24) is 5.32 Å². The highest BCUT2D eigenvalue weighted by Gasteiger charge is 2.11. The fourth-order valence-electron chi connectivity index (χ4n) is 2.41. The van der Waals surface area contributed by atoms with Crippen LogP contribution in [-0.4, -0.2) is 13.1 Å². The number of aryl methyl sites for hydroxylation is 1. The Labute approximate surface area is 92.9 Å². The highest BCUT2D eigenvalue weighted by molar-refractivity contribution is 5.14. The molecule has 1 fully saturated rings. The van der Waals surface area contributed by atoms with Crippen LogP contribution >= 0.6 is 0 Å². The molecule has 1 nitrogen and oxygen atoms in total. The average molecular weight is 203 g/mol. The topological polar surface area (TPSA) is 12.0 Å². The van der Waals surface area contributed by atoms with E-state index >= 15 is 0 Å². The molecule has 2 rings (SSSR count). The standard InChI is InChI=1S/C14H21N/c1-2-6-13(7-3-1)8-4-9-14-10-5-11-15-12-14/h1-3,6-7,14-15H,4-5,8-12H2/t14-/m1/s1.